The molecule has 0 unspecified atom stereocenters. The zero-order chi connectivity index (χ0) is 16.1. The van der Waals surface area contributed by atoms with Gasteiger partial charge in [-0.3, -0.25) is 10.1 Å². The molecule has 21 heavy (non-hydrogen) atoms. The average Bonchev–Trinajstić information content (AvgIpc) is 2.41. The molecule has 4 N–H and O–H groups in total. The molecule has 0 radical (unpaired) electrons. The van der Waals surface area contributed by atoms with Crippen molar-refractivity contribution in [1.82, 2.24) is 10.6 Å². The van der Waals surface area contributed by atoms with Crippen LogP contribution in [0.15, 0.2) is 11.3 Å². The van der Waals surface area contributed by atoms with Crippen LogP contribution in [0.3, 0.4) is 0 Å². The van der Waals surface area contributed by atoms with Gasteiger partial charge in [-0.05, 0) is 13.3 Å². The number of hydrogen-bond donors (Lipinski definition) is 3. The smallest absolute Gasteiger partial charge is 0.319 e. The second kappa shape index (κ2) is 11.8. The van der Waals surface area contributed by atoms with Crippen molar-refractivity contribution in [1.29, 1.82) is 5.26 Å². The van der Waals surface area contributed by atoms with Gasteiger partial charge >= 0.3 is 6.03 Å². The molecular weight excluding hydrogens is 268 g/mol. The summed E-state index contributed by atoms with van der Waals surface area (Å²) in [5.41, 5.74) is 5.20. The van der Waals surface area contributed by atoms with E-state index in [0.717, 1.165) is 12.8 Å². The van der Waals surface area contributed by atoms with Crippen LogP contribution in [0.1, 0.15) is 58.8 Å². The lowest BCUT2D eigenvalue weighted by Crippen LogP contribution is -2.36. The largest absolute Gasteiger partial charge is 0.387 e. The topological polar surface area (TPSA) is 108 Å². The lowest BCUT2D eigenvalue weighted by Gasteiger charge is -2.08. The van der Waals surface area contributed by atoms with E-state index in [0.29, 0.717) is 12.2 Å². The summed E-state index contributed by atoms with van der Waals surface area (Å²) >= 11 is 0. The highest BCUT2D eigenvalue weighted by Crippen LogP contribution is 2.07. The lowest BCUT2D eigenvalue weighted by molar-refractivity contribution is -0.116. The Morgan fingerprint density at radius 3 is 2.19 bits per heavy atom. The number of carbonyl (C=O) groups is 2. The van der Waals surface area contributed by atoms with E-state index in [-0.39, 0.29) is 5.57 Å². The molecule has 0 aromatic heterocycles. The number of urea groups is 1. The maximum absolute atomic E-state index is 11.5. The van der Waals surface area contributed by atoms with Gasteiger partial charge in [0.25, 0.3) is 5.91 Å². The van der Waals surface area contributed by atoms with Crippen molar-refractivity contribution in [3.8, 4) is 6.07 Å². The molecule has 0 aliphatic rings. The number of hydrogen-bond acceptors (Lipinski definition) is 4. The van der Waals surface area contributed by atoms with Crippen molar-refractivity contribution in [2.75, 3.05) is 6.54 Å². The van der Waals surface area contributed by atoms with Gasteiger partial charge in [-0.15, -0.1) is 0 Å². The normalized spacial score (nSPS) is 11.3. The molecule has 0 aliphatic carbocycles. The number of nitrogens with zero attached hydrogens (tertiary/aromatic N) is 1. The number of nitriles is 1. The Hall–Kier alpha value is -2.03. The molecule has 0 saturated carbocycles. The maximum Gasteiger partial charge on any atom is 0.319 e. The van der Waals surface area contributed by atoms with Crippen molar-refractivity contribution in [2.45, 2.75) is 58.8 Å². The first-order chi connectivity index (χ1) is 10.0. The molecule has 0 bridgehead atoms. The molecule has 0 aromatic carbocycles. The minimum atomic E-state index is -0.965. The first-order valence-corrected chi connectivity index (χ1v) is 7.48. The molecule has 0 fully saturated rings. The molecule has 3 amide bonds. The SMILES string of the molecule is CCCCCCCCCN/C(C)=C(\C#N)C(=O)NC(N)=O. The third-order valence-electron chi connectivity index (χ3n) is 3.12. The summed E-state index contributed by atoms with van der Waals surface area (Å²) < 4.78 is 0. The van der Waals surface area contributed by atoms with E-state index in [1.807, 2.05) is 5.32 Å². The summed E-state index contributed by atoms with van der Waals surface area (Å²) in [6.07, 6.45) is 8.40. The average molecular weight is 294 g/mol. The highest BCUT2D eigenvalue weighted by Gasteiger charge is 2.13. The van der Waals surface area contributed by atoms with Crippen LogP contribution >= 0.6 is 0 Å². The number of amides is 3. The molecule has 0 heterocycles. The zero-order valence-corrected chi connectivity index (χ0v) is 13.0. The van der Waals surface area contributed by atoms with Gasteiger partial charge in [0.15, 0.2) is 0 Å². The number of imide groups is 1. The van der Waals surface area contributed by atoms with Crippen LogP contribution in [0.25, 0.3) is 0 Å². The standard InChI is InChI=1S/C15H26N4O2/c1-3-4-5-6-7-8-9-10-18-12(2)13(11-16)14(20)19-15(17)21/h18H,3-10H2,1-2H3,(H3,17,19,20,21)/b13-12+. The van der Waals surface area contributed by atoms with Crippen LogP contribution in [-0.2, 0) is 4.79 Å². The number of primary amides is 1. The molecule has 0 aliphatic heterocycles. The van der Waals surface area contributed by atoms with Crippen molar-refractivity contribution in [3.05, 3.63) is 11.3 Å². The Morgan fingerprint density at radius 1 is 1.10 bits per heavy atom. The Labute approximate surface area is 126 Å². The fourth-order valence-corrected chi connectivity index (χ4v) is 1.93. The van der Waals surface area contributed by atoms with Gasteiger partial charge in [-0.25, -0.2) is 4.79 Å². The second-order valence-electron chi connectivity index (χ2n) is 4.98. The summed E-state index contributed by atoms with van der Waals surface area (Å²) in [4.78, 5) is 22.1. The Kier molecular flexibility index (Phi) is 10.6. The lowest BCUT2D eigenvalue weighted by atomic mass is 10.1. The first kappa shape index (κ1) is 19.0. The van der Waals surface area contributed by atoms with Crippen LogP contribution in [0.2, 0.25) is 0 Å². The predicted molar refractivity (Wildman–Crippen MR) is 82.0 cm³/mol. The number of unbranched alkanes of at least 4 members (excludes halogenated alkanes) is 6. The monoisotopic (exact) mass is 294 g/mol. The van der Waals surface area contributed by atoms with Gasteiger partial charge in [-0.2, -0.15) is 5.26 Å². The van der Waals surface area contributed by atoms with E-state index in [1.165, 1.54) is 32.1 Å². The van der Waals surface area contributed by atoms with Crippen LogP contribution in [0, 0.1) is 11.3 Å². The van der Waals surface area contributed by atoms with Crippen LogP contribution in [-0.4, -0.2) is 18.5 Å². The van der Waals surface area contributed by atoms with Gasteiger partial charge in [-0.1, -0.05) is 45.4 Å². The predicted octanol–water partition coefficient (Wildman–Crippen LogP) is 2.32. The maximum atomic E-state index is 11.5. The van der Waals surface area contributed by atoms with Crippen LogP contribution in [0.5, 0.6) is 0 Å². The van der Waals surface area contributed by atoms with E-state index in [1.54, 1.807) is 13.0 Å². The molecule has 0 atom stereocenters. The van der Waals surface area contributed by atoms with Crippen LogP contribution < -0.4 is 16.4 Å². The van der Waals surface area contributed by atoms with E-state index < -0.39 is 11.9 Å². The molecular formula is C15H26N4O2. The highest BCUT2D eigenvalue weighted by molar-refractivity contribution is 6.06. The fourth-order valence-electron chi connectivity index (χ4n) is 1.93. The summed E-state index contributed by atoms with van der Waals surface area (Å²) in [5, 5.41) is 13.9. The number of nitrogens with two attached hydrogens (primary N) is 1. The number of rotatable bonds is 10. The van der Waals surface area contributed by atoms with Gasteiger partial charge in [0.2, 0.25) is 0 Å². The molecule has 0 aromatic rings. The molecule has 118 valence electrons. The Bertz CT molecular complexity index is 410. The highest BCUT2D eigenvalue weighted by atomic mass is 16.2. The summed E-state index contributed by atoms with van der Waals surface area (Å²) in [7, 11) is 0. The molecule has 0 rings (SSSR count). The molecule has 6 nitrogen and oxygen atoms in total. The van der Waals surface area contributed by atoms with Gasteiger partial charge < -0.3 is 11.1 Å². The molecule has 0 spiro atoms. The van der Waals surface area contributed by atoms with E-state index >= 15 is 0 Å². The number of carbonyl (C=O) groups excluding carboxylic acids is 2. The van der Waals surface area contributed by atoms with Crippen molar-refractivity contribution in [2.24, 2.45) is 5.73 Å². The minimum absolute atomic E-state index is 0.114. The Morgan fingerprint density at radius 2 is 1.67 bits per heavy atom. The Balaban J connectivity index is 4.01. The van der Waals surface area contributed by atoms with Gasteiger partial charge in [0.05, 0.1) is 0 Å². The second-order valence-corrected chi connectivity index (χ2v) is 4.98. The summed E-state index contributed by atoms with van der Waals surface area (Å²) in [6.45, 7) is 4.54. The third kappa shape index (κ3) is 9.50. The third-order valence-corrected chi connectivity index (χ3v) is 3.12. The molecule has 0 saturated heterocycles. The molecule has 6 heteroatoms. The first-order valence-electron chi connectivity index (χ1n) is 7.48. The minimum Gasteiger partial charge on any atom is -0.387 e. The fraction of sp³-hybridized carbons (Fsp3) is 0.667. The number of nitrogens with one attached hydrogen (secondary N) is 2. The zero-order valence-electron chi connectivity index (χ0n) is 13.0. The van der Waals surface area contributed by atoms with Crippen molar-refractivity contribution in [3.63, 3.8) is 0 Å². The van der Waals surface area contributed by atoms with E-state index in [2.05, 4.69) is 12.2 Å². The van der Waals surface area contributed by atoms with Gasteiger partial charge in [0.1, 0.15) is 11.6 Å². The quantitative estimate of drug-likeness (QED) is 0.326. The van der Waals surface area contributed by atoms with Crippen LogP contribution in [0.4, 0.5) is 4.79 Å². The summed E-state index contributed by atoms with van der Waals surface area (Å²) in [6, 6.07) is 0.814. The van der Waals surface area contributed by atoms with Gasteiger partial charge in [0, 0.05) is 12.2 Å². The van der Waals surface area contributed by atoms with Crippen molar-refractivity contribution < 1.29 is 9.59 Å². The summed E-state index contributed by atoms with van der Waals surface area (Å²) in [5.74, 6) is -0.769. The van der Waals surface area contributed by atoms with Crippen molar-refractivity contribution >= 4 is 11.9 Å². The van der Waals surface area contributed by atoms with E-state index in [4.69, 9.17) is 11.0 Å². The van der Waals surface area contributed by atoms with E-state index in [9.17, 15) is 9.59 Å². The number of allylic oxidation sites excluding steroid dienone is 1.